The van der Waals surface area contributed by atoms with Gasteiger partial charge in [0.05, 0.1) is 31.2 Å². The molecule has 0 aliphatic rings. The highest BCUT2D eigenvalue weighted by Gasteiger charge is 2.09. The average molecular weight is 499 g/mol. The summed E-state index contributed by atoms with van der Waals surface area (Å²) in [6.45, 7) is 1.75. The van der Waals surface area contributed by atoms with Crippen molar-refractivity contribution in [2.75, 3.05) is 64.9 Å². The highest BCUT2D eigenvalue weighted by Crippen LogP contribution is 2.27. The molecule has 3 aromatic rings. The highest BCUT2D eigenvalue weighted by molar-refractivity contribution is 5.94. The molecular weight excluding hydrogens is 460 g/mol. The van der Waals surface area contributed by atoms with Gasteiger partial charge in [-0.1, -0.05) is 60.7 Å². The van der Waals surface area contributed by atoms with Gasteiger partial charge in [0.2, 0.25) is 0 Å². The second-order valence-electron chi connectivity index (χ2n) is 9.04. The lowest BCUT2D eigenvalue weighted by Crippen LogP contribution is -2.09. The highest BCUT2D eigenvalue weighted by atomic mass is 16.5. The van der Waals surface area contributed by atoms with Crippen molar-refractivity contribution in [3.05, 3.63) is 101 Å². The van der Waals surface area contributed by atoms with Crippen LogP contribution in [-0.2, 0) is 9.47 Å². The number of hydrogen-bond acceptors (Lipinski definition) is 6. The Labute approximate surface area is 221 Å². The van der Waals surface area contributed by atoms with Crippen LogP contribution in [0.4, 0.5) is 11.4 Å². The monoisotopic (exact) mass is 498 g/mol. The van der Waals surface area contributed by atoms with Crippen LogP contribution in [0.2, 0.25) is 0 Å². The molecule has 2 N–H and O–H groups in total. The van der Waals surface area contributed by atoms with Crippen LogP contribution in [0.5, 0.6) is 0 Å². The van der Waals surface area contributed by atoms with Crippen LogP contribution in [0, 0.1) is 0 Å². The minimum atomic E-state index is 0.558. The van der Waals surface area contributed by atoms with E-state index in [1.165, 1.54) is 0 Å². The maximum atomic E-state index is 6.70. The van der Waals surface area contributed by atoms with Gasteiger partial charge in [0.1, 0.15) is 0 Å². The molecule has 0 saturated carbocycles. The Hall–Kier alpha value is -3.87. The van der Waals surface area contributed by atoms with Gasteiger partial charge in [-0.3, -0.25) is 4.99 Å². The van der Waals surface area contributed by atoms with E-state index in [2.05, 4.69) is 58.3 Å². The van der Waals surface area contributed by atoms with E-state index >= 15 is 0 Å². The van der Waals surface area contributed by atoms with Gasteiger partial charge < -0.3 is 25.0 Å². The molecular formula is C31H38N4O2. The first kappa shape index (κ1) is 27.7. The predicted molar refractivity (Wildman–Crippen MR) is 158 cm³/mol. The molecule has 3 rings (SSSR count). The van der Waals surface area contributed by atoms with Crippen molar-refractivity contribution in [2.24, 2.45) is 10.7 Å². The lowest BCUT2D eigenvalue weighted by Gasteiger charge is -2.15. The summed E-state index contributed by atoms with van der Waals surface area (Å²) in [7, 11) is 9.76. The summed E-state index contributed by atoms with van der Waals surface area (Å²) in [5.41, 5.74) is 14.3. The van der Waals surface area contributed by atoms with Crippen LogP contribution in [0.15, 0.2) is 83.9 Å². The number of benzene rings is 3. The van der Waals surface area contributed by atoms with E-state index in [-0.39, 0.29) is 0 Å². The predicted octanol–water partition coefficient (Wildman–Crippen LogP) is 5.40. The van der Waals surface area contributed by atoms with Crippen LogP contribution in [0.1, 0.15) is 22.3 Å². The number of anilines is 2. The van der Waals surface area contributed by atoms with E-state index in [0.717, 1.165) is 39.3 Å². The Bertz CT molecular complexity index is 1190. The Balaban J connectivity index is 1.85. The Morgan fingerprint density at radius 3 is 1.84 bits per heavy atom. The Morgan fingerprint density at radius 1 is 0.757 bits per heavy atom. The van der Waals surface area contributed by atoms with Crippen molar-refractivity contribution >= 4 is 35.1 Å². The van der Waals surface area contributed by atoms with Crippen molar-refractivity contribution in [1.29, 1.82) is 0 Å². The number of hydrogen-bond donors (Lipinski definition) is 1. The molecule has 6 heteroatoms. The smallest absolute Gasteiger partial charge is 0.0937 e. The zero-order valence-electron chi connectivity index (χ0n) is 22.5. The third-order valence-corrected chi connectivity index (χ3v) is 5.84. The molecule has 0 spiro atoms. The van der Waals surface area contributed by atoms with Crippen molar-refractivity contribution < 1.29 is 9.47 Å². The summed E-state index contributed by atoms with van der Waals surface area (Å²) in [6.07, 6.45) is 5.90. The minimum Gasteiger partial charge on any atom is -0.396 e. The van der Waals surface area contributed by atoms with E-state index in [1.807, 2.05) is 70.8 Å². The summed E-state index contributed by atoms with van der Waals surface area (Å²) in [5, 5.41) is 0. The van der Waals surface area contributed by atoms with Crippen molar-refractivity contribution in [3.63, 3.8) is 0 Å². The summed E-state index contributed by atoms with van der Waals surface area (Å²) in [4.78, 5) is 9.00. The maximum absolute atomic E-state index is 6.70. The molecule has 194 valence electrons. The molecule has 0 amide bonds. The second kappa shape index (κ2) is 14.0. The van der Waals surface area contributed by atoms with E-state index in [9.17, 15) is 0 Å². The van der Waals surface area contributed by atoms with Crippen LogP contribution in [0.3, 0.4) is 0 Å². The average Bonchev–Trinajstić information content (AvgIpc) is 2.91. The van der Waals surface area contributed by atoms with Gasteiger partial charge in [-0.2, -0.15) is 0 Å². The Morgan fingerprint density at radius 2 is 1.30 bits per heavy atom. The van der Waals surface area contributed by atoms with E-state index in [1.54, 1.807) is 7.11 Å². The van der Waals surface area contributed by atoms with E-state index < -0.39 is 0 Å². The topological polar surface area (TPSA) is 63.3 Å². The maximum Gasteiger partial charge on any atom is 0.0937 e. The van der Waals surface area contributed by atoms with Crippen molar-refractivity contribution in [1.82, 2.24) is 0 Å². The molecule has 0 aliphatic carbocycles. The first-order valence-corrected chi connectivity index (χ1v) is 12.3. The molecule has 0 unspecified atom stereocenters. The number of rotatable bonds is 12. The van der Waals surface area contributed by atoms with Gasteiger partial charge >= 0.3 is 0 Å². The van der Waals surface area contributed by atoms with Crippen LogP contribution in [-0.4, -0.2) is 61.3 Å². The fraction of sp³-hybridized carbons (Fsp3) is 0.258. The fourth-order valence-corrected chi connectivity index (χ4v) is 3.60. The molecule has 0 fully saturated rings. The summed E-state index contributed by atoms with van der Waals surface area (Å²) < 4.78 is 10.4. The molecule has 37 heavy (non-hydrogen) atoms. The molecule has 6 nitrogen and oxygen atoms in total. The Kier molecular flexibility index (Phi) is 10.5. The molecule has 0 bridgehead atoms. The van der Waals surface area contributed by atoms with E-state index in [0.29, 0.717) is 25.5 Å². The zero-order chi connectivity index (χ0) is 26.6. The molecule has 0 aromatic heterocycles. The minimum absolute atomic E-state index is 0.558. The zero-order valence-corrected chi connectivity index (χ0v) is 22.5. The first-order valence-electron chi connectivity index (χ1n) is 12.3. The number of nitrogens with zero attached hydrogens (tertiary/aromatic N) is 3. The number of nitrogens with two attached hydrogens (primary N) is 1. The summed E-state index contributed by atoms with van der Waals surface area (Å²) in [5.74, 6) is 0. The first-order chi connectivity index (χ1) is 17.9. The molecule has 0 saturated heterocycles. The molecule has 3 aromatic carbocycles. The standard InChI is InChI=1S/C31H38N4O2/c1-34(2)28-16-12-26(13-17-28)30(32)31(27-14-18-29(19-15-27)35(3)4)33-23-25-10-8-24(9-11-25)7-6-20-37-22-21-36-5/h6-19,23H,20-22,32H2,1-5H3/b7-6+,31-30-,33-23?. The van der Waals surface area contributed by atoms with Gasteiger partial charge in [-0.05, 0) is 41.0 Å². The summed E-state index contributed by atoms with van der Waals surface area (Å²) >= 11 is 0. The number of methoxy groups -OCH3 is 1. The van der Waals surface area contributed by atoms with Crippen LogP contribution >= 0.6 is 0 Å². The van der Waals surface area contributed by atoms with Gasteiger partial charge in [0, 0.05) is 58.5 Å². The SMILES string of the molecule is COCCOC/C=C/c1ccc(C=N/C(=C(\N)c2ccc(N(C)C)cc2)c2ccc(N(C)C)cc2)cc1. The van der Waals surface area contributed by atoms with Gasteiger partial charge in [-0.15, -0.1) is 0 Å². The lowest BCUT2D eigenvalue weighted by atomic mass is 10.0. The van der Waals surface area contributed by atoms with E-state index in [4.69, 9.17) is 20.2 Å². The van der Waals surface area contributed by atoms with Gasteiger partial charge in [-0.25, -0.2) is 0 Å². The van der Waals surface area contributed by atoms with Gasteiger partial charge in [0.25, 0.3) is 0 Å². The normalized spacial score (nSPS) is 12.2. The van der Waals surface area contributed by atoms with Crippen molar-refractivity contribution in [2.45, 2.75) is 0 Å². The number of ether oxygens (including phenoxy) is 2. The van der Waals surface area contributed by atoms with Gasteiger partial charge in [0.15, 0.2) is 0 Å². The quantitative estimate of drug-likeness (QED) is 0.206. The second-order valence-corrected chi connectivity index (χ2v) is 9.04. The summed E-state index contributed by atoms with van der Waals surface area (Å²) in [6, 6.07) is 24.7. The van der Waals surface area contributed by atoms with Crippen LogP contribution in [0.25, 0.3) is 17.5 Å². The van der Waals surface area contributed by atoms with Crippen molar-refractivity contribution in [3.8, 4) is 0 Å². The molecule has 0 heterocycles. The molecule has 0 atom stereocenters. The van der Waals surface area contributed by atoms with Crippen LogP contribution < -0.4 is 15.5 Å². The largest absolute Gasteiger partial charge is 0.396 e. The fourth-order valence-electron chi connectivity index (χ4n) is 3.60. The third-order valence-electron chi connectivity index (χ3n) is 5.84. The lowest BCUT2D eigenvalue weighted by molar-refractivity contribution is 0.0855. The molecule has 0 aliphatic heterocycles. The number of aliphatic imine (C=N–C) groups is 1. The molecule has 0 radical (unpaired) electrons. The third kappa shape index (κ3) is 8.34.